The number of esters is 1. The Hall–Kier alpha value is -1.97. The average Bonchev–Trinajstić information content (AvgIpc) is 2.46. The first kappa shape index (κ1) is 17.1. The van der Waals surface area contributed by atoms with Gasteiger partial charge in [0, 0.05) is 6.08 Å². The molecule has 0 fully saturated rings. The van der Waals surface area contributed by atoms with E-state index in [2.05, 4.69) is 6.92 Å². The summed E-state index contributed by atoms with van der Waals surface area (Å²) in [6.07, 6.45) is 2.62. The van der Waals surface area contributed by atoms with Gasteiger partial charge in [0.15, 0.2) is 0 Å². The Balaban J connectivity index is 2.47. The highest BCUT2D eigenvalue weighted by molar-refractivity contribution is 5.82. The van der Waals surface area contributed by atoms with Crippen molar-refractivity contribution in [2.24, 2.45) is 0 Å². The molecular weight excluding hydrogens is 268 g/mol. The topological polar surface area (TPSA) is 44.8 Å². The lowest BCUT2D eigenvalue weighted by Gasteiger charge is -2.13. The zero-order valence-electron chi connectivity index (χ0n) is 13.2. The second-order valence-electron chi connectivity index (χ2n) is 4.84. The van der Waals surface area contributed by atoms with Crippen LogP contribution in [0.15, 0.2) is 35.9 Å². The highest BCUT2D eigenvalue weighted by Crippen LogP contribution is 2.19. The molecule has 0 saturated carbocycles. The van der Waals surface area contributed by atoms with E-state index in [-0.39, 0.29) is 12.1 Å². The minimum atomic E-state index is -0.337. The average molecular weight is 292 g/mol. The van der Waals surface area contributed by atoms with Gasteiger partial charge in [-0.3, -0.25) is 0 Å². The van der Waals surface area contributed by atoms with E-state index in [0.29, 0.717) is 13.2 Å². The second kappa shape index (κ2) is 9.06. The van der Waals surface area contributed by atoms with Crippen LogP contribution in [0.4, 0.5) is 0 Å². The lowest BCUT2D eigenvalue weighted by molar-refractivity contribution is -0.137. The van der Waals surface area contributed by atoms with Crippen LogP contribution in [-0.4, -0.2) is 25.3 Å². The van der Waals surface area contributed by atoms with Crippen molar-refractivity contribution in [3.05, 3.63) is 35.9 Å². The van der Waals surface area contributed by atoms with E-state index < -0.39 is 0 Å². The fourth-order valence-corrected chi connectivity index (χ4v) is 1.55. The quantitative estimate of drug-likeness (QED) is 0.540. The van der Waals surface area contributed by atoms with Crippen LogP contribution in [0.2, 0.25) is 0 Å². The van der Waals surface area contributed by atoms with Gasteiger partial charge in [0.05, 0.1) is 12.7 Å². The molecule has 0 saturated heterocycles. The van der Waals surface area contributed by atoms with Crippen molar-refractivity contribution in [3.8, 4) is 11.5 Å². The lowest BCUT2D eigenvalue weighted by Crippen LogP contribution is -2.09. The largest absolute Gasteiger partial charge is 0.491 e. The molecule has 1 aromatic carbocycles. The summed E-state index contributed by atoms with van der Waals surface area (Å²) in [5.41, 5.74) is 0.813. The molecule has 1 aromatic rings. The fourth-order valence-electron chi connectivity index (χ4n) is 1.55. The Bertz CT molecular complexity index is 462. The van der Waals surface area contributed by atoms with Crippen LogP contribution >= 0.6 is 0 Å². The molecule has 0 aliphatic carbocycles. The zero-order valence-corrected chi connectivity index (χ0v) is 13.2. The Morgan fingerprint density at radius 3 is 2.38 bits per heavy atom. The molecule has 4 heteroatoms. The summed E-state index contributed by atoms with van der Waals surface area (Å²) < 4.78 is 16.1. The minimum Gasteiger partial charge on any atom is -0.491 e. The number of rotatable bonds is 8. The van der Waals surface area contributed by atoms with Crippen molar-refractivity contribution in [3.63, 3.8) is 0 Å². The van der Waals surface area contributed by atoms with Gasteiger partial charge in [-0.15, -0.1) is 0 Å². The second-order valence-corrected chi connectivity index (χ2v) is 4.84. The van der Waals surface area contributed by atoms with Crippen LogP contribution in [0, 0.1) is 0 Å². The molecule has 21 heavy (non-hydrogen) atoms. The molecular formula is C17H24O4. The first-order valence-electron chi connectivity index (χ1n) is 7.28. The van der Waals surface area contributed by atoms with Gasteiger partial charge >= 0.3 is 5.97 Å². The number of carbonyl (C=O) groups is 1. The summed E-state index contributed by atoms with van der Waals surface area (Å²) in [7, 11) is 0. The molecule has 0 aromatic heterocycles. The van der Waals surface area contributed by atoms with Gasteiger partial charge in [-0.25, -0.2) is 4.79 Å². The molecule has 0 heterocycles. The van der Waals surface area contributed by atoms with E-state index in [9.17, 15) is 4.79 Å². The normalized spacial score (nSPS) is 12.7. The SMILES string of the molecule is CCOC(=O)C=C(C)COc1ccc(OC(C)CC)cc1. The van der Waals surface area contributed by atoms with Crippen LogP contribution in [0.25, 0.3) is 0 Å². The predicted molar refractivity (Wildman–Crippen MR) is 82.7 cm³/mol. The fraction of sp³-hybridized carbons (Fsp3) is 0.471. The first-order valence-corrected chi connectivity index (χ1v) is 7.28. The molecule has 1 rings (SSSR count). The van der Waals surface area contributed by atoms with Gasteiger partial charge < -0.3 is 14.2 Å². The molecule has 0 aliphatic heterocycles. The monoisotopic (exact) mass is 292 g/mol. The van der Waals surface area contributed by atoms with Crippen LogP contribution in [0.3, 0.4) is 0 Å². The summed E-state index contributed by atoms with van der Waals surface area (Å²) in [5.74, 6) is 1.23. The third kappa shape index (κ3) is 6.84. The summed E-state index contributed by atoms with van der Waals surface area (Å²) in [6.45, 7) is 8.46. The minimum absolute atomic E-state index is 0.200. The highest BCUT2D eigenvalue weighted by Gasteiger charge is 2.02. The summed E-state index contributed by atoms with van der Waals surface area (Å²) in [4.78, 5) is 11.3. The molecule has 0 amide bonds. The Morgan fingerprint density at radius 1 is 1.19 bits per heavy atom. The summed E-state index contributed by atoms with van der Waals surface area (Å²) >= 11 is 0. The maximum Gasteiger partial charge on any atom is 0.330 e. The van der Waals surface area contributed by atoms with Gasteiger partial charge in [0.25, 0.3) is 0 Å². The molecule has 0 radical (unpaired) electrons. The van der Waals surface area contributed by atoms with Crippen LogP contribution in [0.1, 0.15) is 34.1 Å². The Kier molecular flexibility index (Phi) is 7.37. The summed E-state index contributed by atoms with van der Waals surface area (Å²) in [5, 5.41) is 0. The maximum atomic E-state index is 11.3. The number of ether oxygens (including phenoxy) is 3. The van der Waals surface area contributed by atoms with Crippen molar-refractivity contribution in [2.75, 3.05) is 13.2 Å². The molecule has 1 atom stereocenters. The lowest BCUT2D eigenvalue weighted by atomic mass is 10.3. The van der Waals surface area contributed by atoms with E-state index in [1.807, 2.05) is 38.1 Å². The first-order chi connectivity index (χ1) is 10.0. The van der Waals surface area contributed by atoms with E-state index >= 15 is 0 Å². The van der Waals surface area contributed by atoms with E-state index in [1.54, 1.807) is 6.92 Å². The molecule has 1 unspecified atom stereocenters. The van der Waals surface area contributed by atoms with Crippen LogP contribution < -0.4 is 9.47 Å². The van der Waals surface area contributed by atoms with E-state index in [4.69, 9.17) is 14.2 Å². The Morgan fingerprint density at radius 2 is 1.81 bits per heavy atom. The number of hydrogen-bond acceptors (Lipinski definition) is 4. The number of hydrogen-bond donors (Lipinski definition) is 0. The molecule has 0 bridgehead atoms. The maximum absolute atomic E-state index is 11.3. The van der Waals surface area contributed by atoms with Crippen molar-refractivity contribution in [1.82, 2.24) is 0 Å². The molecule has 0 spiro atoms. The molecule has 0 N–H and O–H groups in total. The van der Waals surface area contributed by atoms with Gasteiger partial charge in [0.1, 0.15) is 18.1 Å². The predicted octanol–water partition coefficient (Wildman–Crippen LogP) is 3.75. The van der Waals surface area contributed by atoms with E-state index in [0.717, 1.165) is 23.5 Å². The van der Waals surface area contributed by atoms with Crippen molar-refractivity contribution < 1.29 is 19.0 Å². The van der Waals surface area contributed by atoms with E-state index in [1.165, 1.54) is 6.08 Å². The van der Waals surface area contributed by atoms with Gasteiger partial charge in [0.2, 0.25) is 0 Å². The third-order valence-corrected chi connectivity index (χ3v) is 2.85. The van der Waals surface area contributed by atoms with Gasteiger partial charge in [-0.05, 0) is 57.0 Å². The summed E-state index contributed by atoms with van der Waals surface area (Å²) in [6, 6.07) is 7.47. The Labute approximate surface area is 126 Å². The van der Waals surface area contributed by atoms with Crippen LogP contribution in [0.5, 0.6) is 11.5 Å². The number of carbonyl (C=O) groups excluding carboxylic acids is 1. The highest BCUT2D eigenvalue weighted by atomic mass is 16.5. The molecule has 0 aliphatic rings. The van der Waals surface area contributed by atoms with Crippen molar-refractivity contribution in [1.29, 1.82) is 0 Å². The van der Waals surface area contributed by atoms with Crippen LogP contribution in [-0.2, 0) is 9.53 Å². The van der Waals surface area contributed by atoms with Gasteiger partial charge in [-0.1, -0.05) is 6.92 Å². The molecule has 4 nitrogen and oxygen atoms in total. The number of benzene rings is 1. The molecule has 116 valence electrons. The van der Waals surface area contributed by atoms with Gasteiger partial charge in [-0.2, -0.15) is 0 Å². The smallest absolute Gasteiger partial charge is 0.330 e. The third-order valence-electron chi connectivity index (χ3n) is 2.85. The van der Waals surface area contributed by atoms with Crippen molar-refractivity contribution in [2.45, 2.75) is 40.2 Å². The van der Waals surface area contributed by atoms with Crippen molar-refractivity contribution >= 4 is 5.97 Å². The standard InChI is InChI=1S/C17H24O4/c1-5-14(4)21-16-9-7-15(8-10-16)20-12-13(3)11-17(18)19-6-2/h7-11,14H,5-6,12H2,1-4H3. The zero-order chi connectivity index (χ0) is 15.7.